The predicted molar refractivity (Wildman–Crippen MR) is 74.5 cm³/mol. The van der Waals surface area contributed by atoms with Gasteiger partial charge in [0.2, 0.25) is 0 Å². The zero-order valence-corrected chi connectivity index (χ0v) is 11.7. The first-order chi connectivity index (χ1) is 8.85. The molecular formula is C15H21NO3. The first-order valence-electron chi connectivity index (χ1n) is 6.50. The van der Waals surface area contributed by atoms with Crippen molar-refractivity contribution in [2.45, 2.75) is 26.2 Å². The molecule has 19 heavy (non-hydrogen) atoms. The number of carboxylic acid groups (broad SMARTS) is 1. The van der Waals surface area contributed by atoms with E-state index < -0.39 is 11.4 Å². The highest BCUT2D eigenvalue weighted by Gasteiger charge is 2.46. The minimum absolute atomic E-state index is 0.0239. The Morgan fingerprint density at radius 2 is 2.00 bits per heavy atom. The Kier molecular flexibility index (Phi) is 3.54. The molecule has 2 rings (SSSR count). The van der Waals surface area contributed by atoms with Crippen molar-refractivity contribution < 1.29 is 14.6 Å². The molecular weight excluding hydrogens is 242 g/mol. The maximum atomic E-state index is 11.3. The van der Waals surface area contributed by atoms with Crippen LogP contribution in [-0.2, 0) is 14.9 Å². The third kappa shape index (κ3) is 2.73. The maximum absolute atomic E-state index is 11.3. The first kappa shape index (κ1) is 13.9. The van der Waals surface area contributed by atoms with E-state index in [9.17, 15) is 9.90 Å². The van der Waals surface area contributed by atoms with Gasteiger partial charge in [-0.15, -0.1) is 0 Å². The van der Waals surface area contributed by atoms with Gasteiger partial charge in [-0.05, 0) is 17.0 Å². The molecule has 0 amide bonds. The molecule has 2 N–H and O–H groups in total. The summed E-state index contributed by atoms with van der Waals surface area (Å²) in [5.74, 6) is -0.792. The van der Waals surface area contributed by atoms with Gasteiger partial charge < -0.3 is 15.2 Å². The lowest BCUT2D eigenvalue weighted by molar-refractivity contribution is -0.176. The van der Waals surface area contributed by atoms with Crippen LogP contribution in [0.1, 0.15) is 26.3 Å². The van der Waals surface area contributed by atoms with Crippen LogP contribution in [-0.4, -0.2) is 30.8 Å². The Hall–Kier alpha value is -1.55. The number of rotatable bonds is 4. The van der Waals surface area contributed by atoms with Gasteiger partial charge in [-0.3, -0.25) is 4.79 Å². The van der Waals surface area contributed by atoms with E-state index in [0.717, 1.165) is 5.69 Å². The highest BCUT2D eigenvalue weighted by atomic mass is 16.5. The topological polar surface area (TPSA) is 58.6 Å². The van der Waals surface area contributed by atoms with Crippen molar-refractivity contribution in [2.75, 3.05) is 25.1 Å². The van der Waals surface area contributed by atoms with Gasteiger partial charge in [0.15, 0.2) is 0 Å². The average Bonchev–Trinajstić information content (AvgIpc) is 2.26. The van der Waals surface area contributed by atoms with Crippen molar-refractivity contribution in [3.8, 4) is 0 Å². The fourth-order valence-corrected chi connectivity index (χ4v) is 2.21. The minimum atomic E-state index is -0.792. The molecule has 0 atom stereocenters. The summed E-state index contributed by atoms with van der Waals surface area (Å²) in [7, 11) is 0. The third-order valence-electron chi connectivity index (χ3n) is 3.56. The smallest absolute Gasteiger partial charge is 0.316 e. The van der Waals surface area contributed by atoms with Gasteiger partial charge >= 0.3 is 5.97 Å². The van der Waals surface area contributed by atoms with E-state index >= 15 is 0 Å². The summed E-state index contributed by atoms with van der Waals surface area (Å²) in [5.41, 5.74) is 1.44. The number of ether oxygens (including phenoxy) is 1. The fourth-order valence-electron chi connectivity index (χ4n) is 2.21. The predicted octanol–water partition coefficient (Wildman–Crippen LogP) is 2.50. The molecule has 104 valence electrons. The average molecular weight is 263 g/mol. The van der Waals surface area contributed by atoms with E-state index in [0.29, 0.717) is 6.54 Å². The van der Waals surface area contributed by atoms with Crippen LogP contribution >= 0.6 is 0 Å². The van der Waals surface area contributed by atoms with Gasteiger partial charge in [0, 0.05) is 12.2 Å². The van der Waals surface area contributed by atoms with Crippen LogP contribution in [0.25, 0.3) is 0 Å². The van der Waals surface area contributed by atoms with Crippen LogP contribution in [0.3, 0.4) is 0 Å². The molecule has 0 aliphatic carbocycles. The molecule has 0 spiro atoms. The van der Waals surface area contributed by atoms with Crippen LogP contribution in [0.15, 0.2) is 24.3 Å². The second kappa shape index (κ2) is 4.85. The van der Waals surface area contributed by atoms with Crippen molar-refractivity contribution in [3.63, 3.8) is 0 Å². The van der Waals surface area contributed by atoms with Crippen molar-refractivity contribution in [2.24, 2.45) is 5.41 Å². The van der Waals surface area contributed by atoms with E-state index in [-0.39, 0.29) is 18.6 Å². The summed E-state index contributed by atoms with van der Waals surface area (Å²) < 4.78 is 5.06. The Morgan fingerprint density at radius 3 is 2.47 bits per heavy atom. The second-order valence-corrected chi connectivity index (χ2v) is 6.23. The Balaban J connectivity index is 2.14. The van der Waals surface area contributed by atoms with Crippen LogP contribution in [0.4, 0.5) is 5.69 Å². The molecule has 0 aromatic heterocycles. The number of anilines is 1. The van der Waals surface area contributed by atoms with Crippen LogP contribution < -0.4 is 5.32 Å². The van der Waals surface area contributed by atoms with E-state index in [4.69, 9.17) is 4.74 Å². The zero-order valence-electron chi connectivity index (χ0n) is 11.7. The lowest BCUT2D eigenvalue weighted by Crippen LogP contribution is -2.53. The molecule has 1 aromatic carbocycles. The van der Waals surface area contributed by atoms with Gasteiger partial charge in [0.25, 0.3) is 0 Å². The number of hydrogen-bond donors (Lipinski definition) is 2. The van der Waals surface area contributed by atoms with Crippen LogP contribution in [0.5, 0.6) is 0 Å². The SMILES string of the molecule is CC(C)(C)c1ccccc1NCC1(C(=O)O)COC1. The van der Waals surface area contributed by atoms with E-state index in [1.165, 1.54) is 5.56 Å². The van der Waals surface area contributed by atoms with E-state index in [1.807, 2.05) is 18.2 Å². The van der Waals surface area contributed by atoms with Gasteiger partial charge in [0.1, 0.15) is 5.41 Å². The molecule has 0 bridgehead atoms. The number of nitrogens with one attached hydrogen (secondary N) is 1. The zero-order chi connectivity index (χ0) is 14.1. The first-order valence-corrected chi connectivity index (χ1v) is 6.50. The summed E-state index contributed by atoms with van der Waals surface area (Å²) >= 11 is 0. The molecule has 0 unspecified atom stereocenters. The second-order valence-electron chi connectivity index (χ2n) is 6.23. The van der Waals surface area contributed by atoms with Gasteiger partial charge in [-0.1, -0.05) is 39.0 Å². The van der Waals surface area contributed by atoms with Crippen molar-refractivity contribution in [1.29, 1.82) is 0 Å². The highest BCUT2D eigenvalue weighted by molar-refractivity contribution is 5.77. The summed E-state index contributed by atoms with van der Waals surface area (Å²) in [6.07, 6.45) is 0. The van der Waals surface area contributed by atoms with Gasteiger partial charge in [-0.2, -0.15) is 0 Å². The Morgan fingerprint density at radius 1 is 1.37 bits per heavy atom. The Labute approximate surface area is 113 Å². The van der Waals surface area contributed by atoms with Gasteiger partial charge in [0.05, 0.1) is 13.2 Å². The minimum Gasteiger partial charge on any atom is -0.481 e. The molecule has 1 saturated heterocycles. The lowest BCUT2D eigenvalue weighted by Gasteiger charge is -2.38. The standard InChI is InChI=1S/C15H21NO3/c1-14(2,3)11-6-4-5-7-12(11)16-8-15(13(17)18)9-19-10-15/h4-7,16H,8-10H2,1-3H3,(H,17,18). The molecule has 1 fully saturated rings. The monoisotopic (exact) mass is 263 g/mol. The quantitative estimate of drug-likeness (QED) is 0.876. The van der Waals surface area contributed by atoms with Crippen molar-refractivity contribution in [3.05, 3.63) is 29.8 Å². The molecule has 4 heteroatoms. The Bertz CT molecular complexity index is 473. The van der Waals surface area contributed by atoms with Gasteiger partial charge in [-0.25, -0.2) is 0 Å². The van der Waals surface area contributed by atoms with Crippen LogP contribution in [0.2, 0.25) is 0 Å². The lowest BCUT2D eigenvalue weighted by atomic mass is 9.84. The third-order valence-corrected chi connectivity index (χ3v) is 3.56. The maximum Gasteiger partial charge on any atom is 0.316 e. The fraction of sp³-hybridized carbons (Fsp3) is 0.533. The van der Waals surface area contributed by atoms with E-state index in [1.54, 1.807) is 0 Å². The molecule has 0 radical (unpaired) electrons. The normalized spacial score (nSPS) is 17.6. The largest absolute Gasteiger partial charge is 0.481 e. The number of carboxylic acids is 1. The number of hydrogen-bond acceptors (Lipinski definition) is 3. The summed E-state index contributed by atoms with van der Waals surface area (Å²) in [4.78, 5) is 11.3. The molecule has 0 saturated carbocycles. The van der Waals surface area contributed by atoms with Crippen molar-refractivity contribution in [1.82, 2.24) is 0 Å². The molecule has 1 heterocycles. The number of benzene rings is 1. The van der Waals surface area contributed by atoms with Crippen molar-refractivity contribution >= 4 is 11.7 Å². The van der Waals surface area contributed by atoms with Crippen LogP contribution in [0, 0.1) is 5.41 Å². The number of para-hydroxylation sites is 1. The molecule has 1 aromatic rings. The number of carbonyl (C=O) groups is 1. The summed E-state index contributed by atoms with van der Waals surface area (Å²) in [5, 5.41) is 12.6. The molecule has 1 aliphatic heterocycles. The molecule has 1 aliphatic rings. The number of aliphatic carboxylic acids is 1. The highest BCUT2D eigenvalue weighted by Crippen LogP contribution is 2.32. The van der Waals surface area contributed by atoms with E-state index in [2.05, 4.69) is 32.2 Å². The molecule has 4 nitrogen and oxygen atoms in total. The summed E-state index contributed by atoms with van der Waals surface area (Å²) in [6, 6.07) is 8.04. The summed E-state index contributed by atoms with van der Waals surface area (Å²) in [6.45, 7) is 7.41.